The van der Waals surface area contributed by atoms with Crippen molar-refractivity contribution in [2.75, 3.05) is 11.5 Å². The van der Waals surface area contributed by atoms with Gasteiger partial charge in [-0.1, -0.05) is 11.6 Å². The van der Waals surface area contributed by atoms with Crippen LogP contribution in [-0.4, -0.2) is 10.2 Å². The van der Waals surface area contributed by atoms with Crippen LogP contribution in [0.1, 0.15) is 0 Å². The number of aromatic nitrogens is 2. The third-order valence-electron chi connectivity index (χ3n) is 0.841. The van der Waals surface area contributed by atoms with E-state index >= 15 is 0 Å². The van der Waals surface area contributed by atoms with E-state index in [9.17, 15) is 0 Å². The van der Waals surface area contributed by atoms with Gasteiger partial charge in [-0.25, -0.2) is 0 Å². The molecule has 1 heterocycles. The van der Waals surface area contributed by atoms with Crippen LogP contribution in [0, 0.1) is 0 Å². The van der Waals surface area contributed by atoms with Gasteiger partial charge in [-0.2, -0.15) is 5.10 Å². The number of nitrogen functional groups attached to an aromatic ring is 2. The summed E-state index contributed by atoms with van der Waals surface area (Å²) >= 11 is 5.53. The lowest BCUT2D eigenvalue weighted by molar-refractivity contribution is 1.05. The summed E-state index contributed by atoms with van der Waals surface area (Å²) in [6, 6.07) is 0. The molecule has 0 atom stereocenters. The maximum atomic E-state index is 5.53. The average Bonchev–Trinajstić information content (AvgIpc) is 1.83. The quantitative estimate of drug-likeness (QED) is 0.549. The lowest BCUT2D eigenvalue weighted by atomic mass is 10.5. The van der Waals surface area contributed by atoms with Crippen molar-refractivity contribution in [1.29, 1.82) is 0 Å². The maximum absolute atomic E-state index is 5.53. The van der Waals surface area contributed by atoms with E-state index < -0.39 is 0 Å². The van der Waals surface area contributed by atoms with Crippen LogP contribution in [0.3, 0.4) is 0 Å². The summed E-state index contributed by atoms with van der Waals surface area (Å²) in [7, 11) is 0. The zero-order valence-corrected chi connectivity index (χ0v) is 5.26. The lowest BCUT2D eigenvalue weighted by Crippen LogP contribution is -1.97. The van der Waals surface area contributed by atoms with Crippen LogP contribution in [0.5, 0.6) is 0 Å². The van der Waals surface area contributed by atoms with Gasteiger partial charge in [-0.15, -0.1) is 5.10 Å². The van der Waals surface area contributed by atoms with Crippen molar-refractivity contribution in [1.82, 2.24) is 10.2 Å². The predicted molar refractivity (Wildman–Crippen MR) is 35.9 cm³/mol. The highest BCUT2D eigenvalue weighted by Gasteiger charge is 1.99. The maximum Gasteiger partial charge on any atom is 0.167 e. The predicted octanol–water partition coefficient (Wildman–Crippen LogP) is 0.294. The van der Waals surface area contributed by atoms with Crippen LogP contribution in [0.4, 0.5) is 11.5 Å². The molecule has 0 spiro atoms. The van der Waals surface area contributed by atoms with E-state index in [0.29, 0.717) is 5.69 Å². The smallest absolute Gasteiger partial charge is 0.167 e. The Balaban J connectivity index is 3.25. The molecular weight excluding hydrogens is 140 g/mol. The molecule has 0 aliphatic heterocycles. The topological polar surface area (TPSA) is 77.8 Å². The van der Waals surface area contributed by atoms with Crippen LogP contribution in [0.25, 0.3) is 0 Å². The standard InChI is InChI=1S/C4H5ClN4/c5-3-2(6)1-8-9-4(3)7/h1H,(H4,6,7,9). The van der Waals surface area contributed by atoms with Crippen molar-refractivity contribution in [2.45, 2.75) is 0 Å². The molecule has 1 aromatic rings. The first-order valence-electron chi connectivity index (χ1n) is 2.24. The normalized spacial score (nSPS) is 9.44. The molecule has 0 saturated heterocycles. The van der Waals surface area contributed by atoms with E-state index in [1.807, 2.05) is 0 Å². The Kier molecular flexibility index (Phi) is 1.40. The molecule has 0 fully saturated rings. The third-order valence-corrected chi connectivity index (χ3v) is 1.25. The Hall–Kier alpha value is -1.03. The van der Waals surface area contributed by atoms with Gasteiger partial charge in [0.05, 0.1) is 11.9 Å². The monoisotopic (exact) mass is 144 g/mol. The molecule has 0 bridgehead atoms. The molecule has 0 saturated carbocycles. The summed E-state index contributed by atoms with van der Waals surface area (Å²) in [4.78, 5) is 0. The zero-order chi connectivity index (χ0) is 6.85. The molecule has 0 unspecified atom stereocenters. The van der Waals surface area contributed by atoms with Gasteiger partial charge in [0, 0.05) is 0 Å². The van der Waals surface area contributed by atoms with E-state index in [-0.39, 0.29) is 10.8 Å². The molecule has 1 rings (SSSR count). The molecule has 0 amide bonds. The van der Waals surface area contributed by atoms with Gasteiger partial charge in [0.25, 0.3) is 0 Å². The highest BCUT2D eigenvalue weighted by molar-refractivity contribution is 6.35. The fourth-order valence-corrected chi connectivity index (χ4v) is 0.488. The number of anilines is 2. The van der Waals surface area contributed by atoms with Gasteiger partial charge in [0.1, 0.15) is 5.02 Å². The van der Waals surface area contributed by atoms with Crippen molar-refractivity contribution in [3.63, 3.8) is 0 Å². The van der Waals surface area contributed by atoms with E-state index in [1.54, 1.807) is 0 Å². The molecular formula is C4H5ClN4. The fraction of sp³-hybridized carbons (Fsp3) is 0. The second-order valence-corrected chi connectivity index (χ2v) is 1.88. The highest BCUT2D eigenvalue weighted by atomic mass is 35.5. The minimum Gasteiger partial charge on any atom is -0.396 e. The van der Waals surface area contributed by atoms with Crippen LogP contribution in [0.2, 0.25) is 5.02 Å². The van der Waals surface area contributed by atoms with E-state index in [4.69, 9.17) is 23.1 Å². The van der Waals surface area contributed by atoms with Crippen molar-refractivity contribution >= 4 is 23.1 Å². The molecule has 9 heavy (non-hydrogen) atoms. The van der Waals surface area contributed by atoms with Crippen molar-refractivity contribution in [3.05, 3.63) is 11.2 Å². The summed E-state index contributed by atoms with van der Waals surface area (Å²) in [5.74, 6) is 0.164. The van der Waals surface area contributed by atoms with Crippen LogP contribution in [-0.2, 0) is 0 Å². The molecule has 5 heteroatoms. The molecule has 0 aromatic carbocycles. The van der Waals surface area contributed by atoms with E-state index in [1.165, 1.54) is 6.20 Å². The third kappa shape index (κ3) is 1.02. The van der Waals surface area contributed by atoms with E-state index in [2.05, 4.69) is 10.2 Å². The number of nitrogens with zero attached hydrogens (tertiary/aromatic N) is 2. The first-order chi connectivity index (χ1) is 4.22. The minimum absolute atomic E-state index is 0.164. The molecule has 48 valence electrons. The SMILES string of the molecule is Nc1cnnc(N)c1Cl. The highest BCUT2D eigenvalue weighted by Crippen LogP contribution is 2.20. The Morgan fingerprint density at radius 3 is 2.56 bits per heavy atom. The zero-order valence-electron chi connectivity index (χ0n) is 4.50. The Morgan fingerprint density at radius 1 is 1.44 bits per heavy atom. The van der Waals surface area contributed by atoms with Crippen LogP contribution >= 0.6 is 11.6 Å². The summed E-state index contributed by atoms with van der Waals surface area (Å²) in [5.41, 5.74) is 10.9. The molecule has 1 aromatic heterocycles. The molecule has 0 aliphatic carbocycles. The Bertz CT molecular complexity index is 204. The first kappa shape index (κ1) is 6.10. The second kappa shape index (κ2) is 2.06. The van der Waals surface area contributed by atoms with Gasteiger partial charge in [0.15, 0.2) is 5.82 Å². The van der Waals surface area contributed by atoms with Gasteiger partial charge >= 0.3 is 0 Å². The number of halogens is 1. The van der Waals surface area contributed by atoms with Gasteiger partial charge in [0.2, 0.25) is 0 Å². The molecule has 0 radical (unpaired) electrons. The van der Waals surface area contributed by atoms with E-state index in [0.717, 1.165) is 0 Å². The Labute approximate surface area is 56.8 Å². The minimum atomic E-state index is 0.164. The van der Waals surface area contributed by atoms with Crippen LogP contribution in [0.15, 0.2) is 6.20 Å². The van der Waals surface area contributed by atoms with Crippen LogP contribution < -0.4 is 11.5 Å². The summed E-state index contributed by atoms with van der Waals surface area (Å²) < 4.78 is 0. The molecule has 0 aliphatic rings. The number of rotatable bonds is 0. The van der Waals surface area contributed by atoms with Crippen molar-refractivity contribution in [2.24, 2.45) is 0 Å². The summed E-state index contributed by atoms with van der Waals surface area (Å²) in [6.07, 6.45) is 1.35. The Morgan fingerprint density at radius 2 is 2.11 bits per heavy atom. The van der Waals surface area contributed by atoms with Gasteiger partial charge < -0.3 is 11.5 Å². The number of hydrogen-bond acceptors (Lipinski definition) is 4. The second-order valence-electron chi connectivity index (χ2n) is 1.50. The number of hydrogen-bond donors (Lipinski definition) is 2. The fourth-order valence-electron chi connectivity index (χ4n) is 0.402. The summed E-state index contributed by atoms with van der Waals surface area (Å²) in [6.45, 7) is 0. The average molecular weight is 145 g/mol. The van der Waals surface area contributed by atoms with Gasteiger partial charge in [-0.3, -0.25) is 0 Å². The molecule has 4 nitrogen and oxygen atoms in total. The van der Waals surface area contributed by atoms with Gasteiger partial charge in [-0.05, 0) is 0 Å². The van der Waals surface area contributed by atoms with Crippen molar-refractivity contribution < 1.29 is 0 Å². The summed E-state index contributed by atoms with van der Waals surface area (Å²) in [5, 5.41) is 7.18. The largest absolute Gasteiger partial charge is 0.396 e. The first-order valence-corrected chi connectivity index (χ1v) is 2.61. The lowest BCUT2D eigenvalue weighted by Gasteiger charge is -1.95. The molecule has 4 N–H and O–H groups in total. The number of nitrogens with two attached hydrogens (primary N) is 2. The van der Waals surface area contributed by atoms with Crippen molar-refractivity contribution in [3.8, 4) is 0 Å².